The van der Waals surface area contributed by atoms with Crippen LogP contribution in [0.4, 0.5) is 0 Å². The number of benzene rings is 1. The Kier molecular flexibility index (Phi) is 6.66. The summed E-state index contributed by atoms with van der Waals surface area (Å²) in [5, 5.41) is 3.53. The zero-order valence-corrected chi connectivity index (χ0v) is 16.0. The van der Waals surface area contributed by atoms with Crippen LogP contribution < -0.4 is 10.1 Å². The molecule has 136 valence electrons. The topological polar surface area (TPSA) is 58.6 Å². The number of rotatable bonds is 7. The Balaban J connectivity index is 1.85. The van der Waals surface area contributed by atoms with E-state index < -0.39 is 9.84 Å². The van der Waals surface area contributed by atoms with E-state index in [0.717, 1.165) is 25.6 Å². The molecule has 1 fully saturated rings. The van der Waals surface area contributed by atoms with Crippen molar-refractivity contribution in [1.29, 1.82) is 0 Å². The van der Waals surface area contributed by atoms with Gasteiger partial charge in [-0.25, -0.2) is 8.42 Å². The molecule has 1 aliphatic rings. The molecular formula is C18H30N2O3S. The number of ether oxygens (including phenoxy) is 1. The number of hydrogen-bond donors (Lipinski definition) is 1. The molecule has 1 aromatic rings. The van der Waals surface area contributed by atoms with E-state index in [0.29, 0.717) is 29.3 Å². The second-order valence-corrected chi connectivity index (χ2v) is 9.20. The highest BCUT2D eigenvalue weighted by molar-refractivity contribution is 7.90. The molecule has 0 saturated carbocycles. The van der Waals surface area contributed by atoms with E-state index in [2.05, 4.69) is 31.0 Å². The third kappa shape index (κ3) is 5.76. The maximum atomic E-state index is 11.5. The minimum absolute atomic E-state index is 0.294. The summed E-state index contributed by atoms with van der Waals surface area (Å²) in [6.07, 6.45) is 2.42. The third-order valence-electron chi connectivity index (χ3n) is 4.48. The monoisotopic (exact) mass is 354 g/mol. The van der Waals surface area contributed by atoms with Crippen LogP contribution in [0.5, 0.6) is 5.75 Å². The van der Waals surface area contributed by atoms with Gasteiger partial charge in [-0.1, -0.05) is 13.8 Å². The Morgan fingerprint density at radius 3 is 2.54 bits per heavy atom. The molecule has 1 aliphatic heterocycles. The van der Waals surface area contributed by atoms with Gasteiger partial charge in [-0.3, -0.25) is 4.90 Å². The largest absolute Gasteiger partial charge is 0.492 e. The van der Waals surface area contributed by atoms with E-state index in [1.54, 1.807) is 24.3 Å². The summed E-state index contributed by atoms with van der Waals surface area (Å²) in [5.41, 5.74) is 0. The van der Waals surface area contributed by atoms with Gasteiger partial charge in [0.15, 0.2) is 9.84 Å². The van der Waals surface area contributed by atoms with Crippen LogP contribution >= 0.6 is 0 Å². The minimum atomic E-state index is -3.16. The van der Waals surface area contributed by atoms with Crippen molar-refractivity contribution in [2.75, 3.05) is 32.5 Å². The fourth-order valence-corrected chi connectivity index (χ4v) is 3.45. The van der Waals surface area contributed by atoms with Crippen LogP contribution in [-0.4, -0.2) is 57.9 Å². The van der Waals surface area contributed by atoms with E-state index >= 15 is 0 Å². The van der Waals surface area contributed by atoms with Gasteiger partial charge in [-0.15, -0.1) is 0 Å². The van der Waals surface area contributed by atoms with Crippen LogP contribution in [-0.2, 0) is 9.84 Å². The normalized spacial score (nSPS) is 22.7. The standard InChI is InChI=1S/C18H30N2O3S/c1-14(2)9-10-20-12-16(19-11-15(20)3)13-23-17-5-7-18(8-6-17)24(4,21)22/h5-8,14-16,19H,9-13H2,1-4H3. The van der Waals surface area contributed by atoms with Crippen LogP contribution in [0.2, 0.25) is 0 Å². The molecule has 1 N–H and O–H groups in total. The lowest BCUT2D eigenvalue weighted by Gasteiger charge is -2.39. The van der Waals surface area contributed by atoms with Crippen LogP contribution in [0.15, 0.2) is 29.2 Å². The molecule has 2 rings (SSSR count). The molecule has 0 radical (unpaired) electrons. The van der Waals surface area contributed by atoms with Gasteiger partial charge in [0.05, 0.1) is 10.9 Å². The summed E-state index contributed by atoms with van der Waals surface area (Å²) in [6.45, 7) is 10.4. The predicted octanol–water partition coefficient (Wildman–Crippen LogP) is 2.18. The molecule has 24 heavy (non-hydrogen) atoms. The first-order chi connectivity index (χ1) is 11.3. The van der Waals surface area contributed by atoms with Gasteiger partial charge in [0.25, 0.3) is 0 Å². The van der Waals surface area contributed by atoms with Gasteiger partial charge in [0, 0.05) is 25.4 Å². The van der Waals surface area contributed by atoms with Crippen molar-refractivity contribution in [3.05, 3.63) is 24.3 Å². The summed E-state index contributed by atoms with van der Waals surface area (Å²) in [4.78, 5) is 2.84. The molecule has 5 nitrogen and oxygen atoms in total. The molecule has 0 bridgehead atoms. The van der Waals surface area contributed by atoms with Gasteiger partial charge in [0.1, 0.15) is 12.4 Å². The predicted molar refractivity (Wildman–Crippen MR) is 97.3 cm³/mol. The van der Waals surface area contributed by atoms with Gasteiger partial charge in [-0.05, 0) is 50.1 Å². The Bertz CT molecular complexity index is 614. The van der Waals surface area contributed by atoms with Crippen molar-refractivity contribution in [2.45, 2.75) is 44.2 Å². The van der Waals surface area contributed by atoms with E-state index in [1.807, 2.05) is 0 Å². The molecule has 1 heterocycles. The average Bonchev–Trinajstić information content (AvgIpc) is 2.52. The Hall–Kier alpha value is -1.11. The quantitative estimate of drug-likeness (QED) is 0.813. The van der Waals surface area contributed by atoms with Crippen LogP contribution in [0.25, 0.3) is 0 Å². The zero-order chi connectivity index (χ0) is 17.7. The molecule has 0 amide bonds. The number of sulfone groups is 1. The second kappa shape index (κ2) is 8.32. The van der Waals surface area contributed by atoms with Crippen molar-refractivity contribution < 1.29 is 13.2 Å². The third-order valence-corrected chi connectivity index (χ3v) is 5.61. The number of nitrogens with zero attached hydrogens (tertiary/aromatic N) is 1. The summed E-state index contributed by atoms with van der Waals surface area (Å²) in [7, 11) is -3.16. The van der Waals surface area contributed by atoms with Gasteiger partial charge in [-0.2, -0.15) is 0 Å². The maximum Gasteiger partial charge on any atom is 0.175 e. The van der Waals surface area contributed by atoms with E-state index in [1.165, 1.54) is 12.7 Å². The van der Waals surface area contributed by atoms with Gasteiger partial charge >= 0.3 is 0 Å². The Morgan fingerprint density at radius 1 is 1.29 bits per heavy atom. The van der Waals surface area contributed by atoms with Crippen molar-refractivity contribution >= 4 is 9.84 Å². The van der Waals surface area contributed by atoms with Crippen LogP contribution in [0, 0.1) is 5.92 Å². The zero-order valence-electron chi connectivity index (χ0n) is 15.2. The summed E-state index contributed by atoms with van der Waals surface area (Å²) in [6, 6.07) is 7.47. The summed E-state index contributed by atoms with van der Waals surface area (Å²) >= 11 is 0. The molecule has 2 atom stereocenters. The lowest BCUT2D eigenvalue weighted by atomic mass is 10.1. The first kappa shape index (κ1) is 19.2. The molecule has 0 spiro atoms. The molecular weight excluding hydrogens is 324 g/mol. The minimum Gasteiger partial charge on any atom is -0.492 e. The highest BCUT2D eigenvalue weighted by Crippen LogP contribution is 2.17. The number of piperazine rings is 1. The van der Waals surface area contributed by atoms with Crippen molar-refractivity contribution in [3.8, 4) is 5.75 Å². The average molecular weight is 355 g/mol. The summed E-state index contributed by atoms with van der Waals surface area (Å²) in [5.74, 6) is 1.42. The second-order valence-electron chi connectivity index (χ2n) is 7.19. The number of hydrogen-bond acceptors (Lipinski definition) is 5. The Morgan fingerprint density at radius 2 is 1.96 bits per heavy atom. The highest BCUT2D eigenvalue weighted by Gasteiger charge is 2.25. The van der Waals surface area contributed by atoms with Gasteiger partial charge in [0.2, 0.25) is 0 Å². The first-order valence-electron chi connectivity index (χ1n) is 8.66. The van der Waals surface area contributed by atoms with E-state index in [9.17, 15) is 8.42 Å². The summed E-state index contributed by atoms with van der Waals surface area (Å²) < 4.78 is 28.8. The Labute approximate surface area is 146 Å². The van der Waals surface area contributed by atoms with Gasteiger partial charge < -0.3 is 10.1 Å². The SMILES string of the molecule is CC(C)CCN1CC(COc2ccc(S(C)(=O)=O)cc2)NCC1C. The fourth-order valence-electron chi connectivity index (χ4n) is 2.82. The molecule has 6 heteroatoms. The van der Waals surface area contributed by atoms with Crippen LogP contribution in [0.3, 0.4) is 0 Å². The molecule has 1 aromatic carbocycles. The lowest BCUT2D eigenvalue weighted by molar-refractivity contribution is 0.110. The lowest BCUT2D eigenvalue weighted by Crippen LogP contribution is -2.57. The van der Waals surface area contributed by atoms with E-state index in [4.69, 9.17) is 4.74 Å². The molecule has 0 aliphatic carbocycles. The van der Waals surface area contributed by atoms with Crippen molar-refractivity contribution in [1.82, 2.24) is 10.2 Å². The molecule has 2 unspecified atom stereocenters. The number of nitrogens with one attached hydrogen (secondary N) is 1. The van der Waals surface area contributed by atoms with Crippen molar-refractivity contribution in [2.24, 2.45) is 5.92 Å². The fraction of sp³-hybridized carbons (Fsp3) is 0.667. The van der Waals surface area contributed by atoms with E-state index in [-0.39, 0.29) is 0 Å². The molecule has 1 saturated heterocycles. The smallest absolute Gasteiger partial charge is 0.175 e. The van der Waals surface area contributed by atoms with Crippen LogP contribution in [0.1, 0.15) is 27.2 Å². The first-order valence-corrected chi connectivity index (χ1v) is 10.5. The highest BCUT2D eigenvalue weighted by atomic mass is 32.2. The maximum absolute atomic E-state index is 11.5. The van der Waals surface area contributed by atoms with Crippen molar-refractivity contribution in [3.63, 3.8) is 0 Å². The molecule has 0 aromatic heterocycles.